The summed E-state index contributed by atoms with van der Waals surface area (Å²) in [7, 11) is 0. The highest BCUT2D eigenvalue weighted by Gasteiger charge is 2.14. The zero-order valence-corrected chi connectivity index (χ0v) is 9.51. The van der Waals surface area contributed by atoms with Gasteiger partial charge in [0, 0.05) is 67.1 Å². The molecule has 0 atom stereocenters. The second-order valence-electron chi connectivity index (χ2n) is 3.10. The van der Waals surface area contributed by atoms with E-state index >= 15 is 0 Å². The van der Waals surface area contributed by atoms with Crippen molar-refractivity contribution >= 4 is 28.6 Å². The molecule has 1 saturated heterocycles. The van der Waals surface area contributed by atoms with Crippen molar-refractivity contribution in [2.75, 3.05) is 31.1 Å². The number of hydrogen-bond donors (Lipinski definition) is 0. The van der Waals surface area contributed by atoms with Crippen molar-refractivity contribution in [3.8, 4) is 0 Å². The number of pyridine rings is 1. The molecule has 4 heteroatoms. The lowest BCUT2D eigenvalue weighted by Gasteiger charge is -2.32. The van der Waals surface area contributed by atoms with E-state index in [2.05, 4.69) is 48.0 Å². The lowest BCUT2D eigenvalue weighted by Crippen LogP contribution is -2.42. The maximum atomic E-state index is 4.02. The lowest BCUT2D eigenvalue weighted by atomic mass is 10.3. The van der Waals surface area contributed by atoms with Crippen molar-refractivity contribution in [3.63, 3.8) is 0 Å². The van der Waals surface area contributed by atoms with Crippen molar-refractivity contribution in [3.05, 3.63) is 24.5 Å². The van der Waals surface area contributed by atoms with Gasteiger partial charge in [-0.3, -0.25) is 4.98 Å². The SMILES string of the molecule is IN1CCN(c2ccncc2)CC1. The van der Waals surface area contributed by atoms with Gasteiger partial charge in [0.05, 0.1) is 0 Å². The first kappa shape index (κ1) is 9.21. The fourth-order valence-corrected chi connectivity index (χ4v) is 1.93. The third kappa shape index (κ3) is 2.31. The first-order chi connectivity index (χ1) is 6.36. The molecule has 0 bridgehead atoms. The molecule has 0 spiro atoms. The Morgan fingerprint density at radius 1 is 1.08 bits per heavy atom. The van der Waals surface area contributed by atoms with Gasteiger partial charge in [0.15, 0.2) is 0 Å². The van der Waals surface area contributed by atoms with Crippen molar-refractivity contribution in [1.82, 2.24) is 8.10 Å². The molecule has 70 valence electrons. The Labute approximate surface area is 92.2 Å². The van der Waals surface area contributed by atoms with Gasteiger partial charge in [0.1, 0.15) is 0 Å². The van der Waals surface area contributed by atoms with Gasteiger partial charge >= 0.3 is 0 Å². The number of halogens is 1. The normalized spacial score (nSPS) is 19.0. The molecule has 1 aromatic rings. The number of hydrogen-bond acceptors (Lipinski definition) is 3. The molecule has 1 aliphatic rings. The zero-order chi connectivity index (χ0) is 9.10. The van der Waals surface area contributed by atoms with E-state index in [-0.39, 0.29) is 0 Å². The van der Waals surface area contributed by atoms with Gasteiger partial charge in [-0.05, 0) is 12.1 Å². The summed E-state index contributed by atoms with van der Waals surface area (Å²) in [5.74, 6) is 0. The predicted molar refractivity (Wildman–Crippen MR) is 62.0 cm³/mol. The van der Waals surface area contributed by atoms with Crippen LogP contribution in [-0.2, 0) is 0 Å². The fraction of sp³-hybridized carbons (Fsp3) is 0.444. The van der Waals surface area contributed by atoms with Crippen LogP contribution in [0.3, 0.4) is 0 Å². The second kappa shape index (κ2) is 4.23. The molecule has 1 aliphatic heterocycles. The first-order valence-electron chi connectivity index (χ1n) is 4.42. The molecule has 13 heavy (non-hydrogen) atoms. The van der Waals surface area contributed by atoms with Crippen LogP contribution in [0.4, 0.5) is 5.69 Å². The molecule has 0 N–H and O–H groups in total. The highest BCUT2D eigenvalue weighted by molar-refractivity contribution is 14.1. The lowest BCUT2D eigenvalue weighted by molar-refractivity contribution is 0.460. The van der Waals surface area contributed by atoms with E-state index in [4.69, 9.17) is 0 Å². The van der Waals surface area contributed by atoms with Crippen LogP contribution in [0.2, 0.25) is 0 Å². The van der Waals surface area contributed by atoms with Gasteiger partial charge in [0.25, 0.3) is 0 Å². The van der Waals surface area contributed by atoms with E-state index in [0.717, 1.165) is 26.2 Å². The summed E-state index contributed by atoms with van der Waals surface area (Å²) < 4.78 is 2.33. The highest BCUT2D eigenvalue weighted by atomic mass is 127. The van der Waals surface area contributed by atoms with Crippen LogP contribution in [-0.4, -0.2) is 34.3 Å². The summed E-state index contributed by atoms with van der Waals surface area (Å²) in [6, 6.07) is 4.14. The minimum atomic E-state index is 1.12. The van der Waals surface area contributed by atoms with Crippen LogP contribution >= 0.6 is 22.9 Å². The van der Waals surface area contributed by atoms with Gasteiger partial charge in [-0.2, -0.15) is 0 Å². The number of nitrogens with zero attached hydrogens (tertiary/aromatic N) is 3. The fourth-order valence-electron chi connectivity index (χ4n) is 1.50. The molecule has 1 fully saturated rings. The second-order valence-corrected chi connectivity index (χ2v) is 4.47. The van der Waals surface area contributed by atoms with Crippen LogP contribution in [0, 0.1) is 0 Å². The average molecular weight is 289 g/mol. The first-order valence-corrected chi connectivity index (χ1v) is 5.38. The van der Waals surface area contributed by atoms with E-state index < -0.39 is 0 Å². The van der Waals surface area contributed by atoms with E-state index in [1.165, 1.54) is 5.69 Å². The van der Waals surface area contributed by atoms with E-state index in [9.17, 15) is 0 Å². The molecular weight excluding hydrogens is 277 g/mol. The minimum Gasteiger partial charge on any atom is -0.369 e. The third-order valence-electron chi connectivity index (χ3n) is 2.25. The molecule has 0 aromatic carbocycles. The highest BCUT2D eigenvalue weighted by Crippen LogP contribution is 2.15. The van der Waals surface area contributed by atoms with Crippen LogP contribution in [0.25, 0.3) is 0 Å². The Morgan fingerprint density at radius 3 is 2.31 bits per heavy atom. The molecule has 0 saturated carbocycles. The predicted octanol–water partition coefficient (Wildman–Crippen LogP) is 1.55. The van der Waals surface area contributed by atoms with E-state index in [0.29, 0.717) is 0 Å². The van der Waals surface area contributed by atoms with Gasteiger partial charge < -0.3 is 4.90 Å². The summed E-state index contributed by atoms with van der Waals surface area (Å²) in [6.45, 7) is 4.52. The van der Waals surface area contributed by atoms with E-state index in [1.54, 1.807) is 0 Å². The quantitative estimate of drug-likeness (QED) is 0.577. The Morgan fingerprint density at radius 2 is 1.69 bits per heavy atom. The Balaban J connectivity index is 2.03. The Hall–Kier alpha value is -0.360. The van der Waals surface area contributed by atoms with Crippen molar-refractivity contribution < 1.29 is 0 Å². The molecule has 0 radical (unpaired) electrons. The van der Waals surface area contributed by atoms with Gasteiger partial charge in [-0.25, -0.2) is 3.11 Å². The van der Waals surface area contributed by atoms with Crippen LogP contribution in [0.15, 0.2) is 24.5 Å². The molecule has 3 nitrogen and oxygen atoms in total. The Kier molecular flexibility index (Phi) is 3.00. The van der Waals surface area contributed by atoms with Crippen molar-refractivity contribution in [2.24, 2.45) is 0 Å². The summed E-state index contributed by atoms with van der Waals surface area (Å²) in [5, 5.41) is 0. The molecule has 0 amide bonds. The molecule has 0 aliphatic carbocycles. The van der Waals surface area contributed by atoms with Crippen molar-refractivity contribution in [2.45, 2.75) is 0 Å². The number of rotatable bonds is 1. The zero-order valence-electron chi connectivity index (χ0n) is 7.36. The van der Waals surface area contributed by atoms with Crippen LogP contribution in [0.5, 0.6) is 0 Å². The van der Waals surface area contributed by atoms with E-state index in [1.807, 2.05) is 12.4 Å². The number of aromatic nitrogens is 1. The third-order valence-corrected chi connectivity index (χ3v) is 3.22. The van der Waals surface area contributed by atoms with Gasteiger partial charge in [0.2, 0.25) is 0 Å². The molecular formula is C9H12IN3. The molecule has 2 heterocycles. The topological polar surface area (TPSA) is 19.4 Å². The standard InChI is InChI=1S/C9H12IN3/c10-13-7-5-12(6-8-13)9-1-3-11-4-2-9/h1-4H,5-8H2. The largest absolute Gasteiger partial charge is 0.369 e. The average Bonchev–Trinajstić information content (AvgIpc) is 2.20. The maximum Gasteiger partial charge on any atom is 0.0397 e. The monoisotopic (exact) mass is 289 g/mol. The summed E-state index contributed by atoms with van der Waals surface area (Å²) in [5.41, 5.74) is 1.29. The summed E-state index contributed by atoms with van der Waals surface area (Å²) in [6.07, 6.45) is 3.71. The summed E-state index contributed by atoms with van der Waals surface area (Å²) >= 11 is 2.38. The smallest absolute Gasteiger partial charge is 0.0397 e. The Bertz CT molecular complexity index is 257. The molecule has 1 aromatic heterocycles. The van der Waals surface area contributed by atoms with Crippen LogP contribution in [0.1, 0.15) is 0 Å². The van der Waals surface area contributed by atoms with Gasteiger partial charge in [-0.15, -0.1) is 0 Å². The maximum absolute atomic E-state index is 4.02. The molecule has 0 unspecified atom stereocenters. The molecule has 2 rings (SSSR count). The van der Waals surface area contributed by atoms with Crippen molar-refractivity contribution in [1.29, 1.82) is 0 Å². The van der Waals surface area contributed by atoms with Crippen LogP contribution < -0.4 is 4.90 Å². The number of piperazine rings is 1. The summed E-state index contributed by atoms with van der Waals surface area (Å²) in [4.78, 5) is 6.42. The number of anilines is 1. The van der Waals surface area contributed by atoms with Gasteiger partial charge in [-0.1, -0.05) is 0 Å². The minimum absolute atomic E-state index is 1.12.